The number of β-amino-alcohol motifs (C(OH)–C–C–N with tert-alkyl or cyclic N) is 2. The Morgan fingerprint density at radius 1 is 1.04 bits per heavy atom. The summed E-state index contributed by atoms with van der Waals surface area (Å²) >= 11 is 0. The number of para-hydroxylation sites is 1. The Bertz CT molecular complexity index is 470. The van der Waals surface area contributed by atoms with Gasteiger partial charge in [-0.1, -0.05) is 6.07 Å². The Morgan fingerprint density at radius 3 is 2.17 bits per heavy atom. The summed E-state index contributed by atoms with van der Waals surface area (Å²) in [4.78, 5) is 4.43. The second-order valence-electron chi connectivity index (χ2n) is 5.82. The van der Waals surface area contributed by atoms with Gasteiger partial charge in [0, 0.05) is 39.3 Å². The summed E-state index contributed by atoms with van der Waals surface area (Å²) in [5.74, 6) is 1.67. The molecule has 1 aliphatic rings. The summed E-state index contributed by atoms with van der Waals surface area (Å²) in [5.41, 5.74) is 0. The van der Waals surface area contributed by atoms with Crippen molar-refractivity contribution in [2.45, 2.75) is 6.10 Å². The summed E-state index contributed by atoms with van der Waals surface area (Å²) in [7, 11) is 3.15. The van der Waals surface area contributed by atoms with E-state index < -0.39 is 6.10 Å². The number of aliphatic hydroxyl groups excluding tert-OH is 2. The van der Waals surface area contributed by atoms with Crippen molar-refractivity contribution in [3.05, 3.63) is 18.2 Å². The molecule has 0 aromatic heterocycles. The fourth-order valence-electron chi connectivity index (χ4n) is 2.83. The van der Waals surface area contributed by atoms with E-state index in [1.165, 1.54) is 0 Å². The molecule has 7 heteroatoms. The molecule has 1 atom stereocenters. The first-order valence-electron chi connectivity index (χ1n) is 8.25. The van der Waals surface area contributed by atoms with Crippen LogP contribution in [0.5, 0.6) is 17.2 Å². The Labute approximate surface area is 143 Å². The zero-order valence-corrected chi connectivity index (χ0v) is 14.5. The van der Waals surface area contributed by atoms with Crippen LogP contribution >= 0.6 is 0 Å². The monoisotopic (exact) mass is 340 g/mol. The molecule has 1 unspecified atom stereocenters. The van der Waals surface area contributed by atoms with E-state index in [1.54, 1.807) is 26.4 Å². The number of rotatable bonds is 9. The molecular formula is C17H28N2O5. The SMILES string of the molecule is COc1cccc(OC)c1OCC(O)CN1CCN(CCO)CC1. The lowest BCUT2D eigenvalue weighted by atomic mass is 10.2. The molecule has 7 nitrogen and oxygen atoms in total. The van der Waals surface area contributed by atoms with Crippen LogP contribution in [0.25, 0.3) is 0 Å². The quantitative estimate of drug-likeness (QED) is 0.658. The first kappa shape index (κ1) is 18.8. The zero-order valence-electron chi connectivity index (χ0n) is 14.5. The van der Waals surface area contributed by atoms with Crippen LogP contribution in [0.15, 0.2) is 18.2 Å². The highest BCUT2D eigenvalue weighted by atomic mass is 16.5. The number of aliphatic hydroxyl groups is 2. The molecule has 0 bridgehead atoms. The van der Waals surface area contributed by atoms with Gasteiger partial charge in [0.05, 0.1) is 20.8 Å². The van der Waals surface area contributed by atoms with Gasteiger partial charge in [0.25, 0.3) is 0 Å². The van der Waals surface area contributed by atoms with Gasteiger partial charge >= 0.3 is 0 Å². The highest BCUT2D eigenvalue weighted by molar-refractivity contribution is 5.51. The molecule has 0 saturated carbocycles. The fourth-order valence-corrected chi connectivity index (χ4v) is 2.83. The second kappa shape index (κ2) is 9.68. The van der Waals surface area contributed by atoms with Gasteiger partial charge in [-0.15, -0.1) is 0 Å². The van der Waals surface area contributed by atoms with Crippen molar-refractivity contribution < 1.29 is 24.4 Å². The minimum Gasteiger partial charge on any atom is -0.493 e. The number of ether oxygens (including phenoxy) is 3. The number of benzene rings is 1. The Kier molecular flexibility index (Phi) is 7.58. The molecule has 1 aliphatic heterocycles. The maximum Gasteiger partial charge on any atom is 0.203 e. The molecule has 24 heavy (non-hydrogen) atoms. The summed E-state index contributed by atoms with van der Waals surface area (Å²) < 4.78 is 16.3. The molecule has 1 heterocycles. The largest absolute Gasteiger partial charge is 0.493 e. The first-order chi connectivity index (χ1) is 11.7. The lowest BCUT2D eigenvalue weighted by Gasteiger charge is -2.35. The summed E-state index contributed by atoms with van der Waals surface area (Å²) in [6.07, 6.45) is -0.594. The van der Waals surface area contributed by atoms with Crippen molar-refractivity contribution in [1.82, 2.24) is 9.80 Å². The van der Waals surface area contributed by atoms with Crippen LogP contribution in [0.1, 0.15) is 0 Å². The Hall–Kier alpha value is -1.54. The molecule has 0 amide bonds. The third-order valence-corrected chi connectivity index (χ3v) is 4.15. The van der Waals surface area contributed by atoms with E-state index >= 15 is 0 Å². The van der Waals surface area contributed by atoms with E-state index in [1.807, 2.05) is 6.07 Å². The molecule has 1 aromatic carbocycles. The molecule has 0 radical (unpaired) electrons. The normalized spacial score (nSPS) is 17.5. The van der Waals surface area contributed by atoms with E-state index in [2.05, 4.69) is 9.80 Å². The predicted molar refractivity (Wildman–Crippen MR) is 91.0 cm³/mol. The predicted octanol–water partition coefficient (Wildman–Crippen LogP) is 0.0534. The molecule has 0 aliphatic carbocycles. The molecule has 2 rings (SSSR count). The van der Waals surface area contributed by atoms with E-state index in [0.717, 1.165) is 26.2 Å². The van der Waals surface area contributed by atoms with E-state index in [4.69, 9.17) is 19.3 Å². The van der Waals surface area contributed by atoms with Crippen LogP contribution in [-0.4, -0.2) is 92.8 Å². The lowest BCUT2D eigenvalue weighted by molar-refractivity contribution is 0.0417. The smallest absolute Gasteiger partial charge is 0.203 e. The summed E-state index contributed by atoms with van der Waals surface area (Å²) in [5, 5.41) is 19.2. The molecule has 1 fully saturated rings. The van der Waals surface area contributed by atoms with Gasteiger partial charge in [0.15, 0.2) is 11.5 Å². The average molecular weight is 340 g/mol. The van der Waals surface area contributed by atoms with E-state index in [-0.39, 0.29) is 13.2 Å². The van der Waals surface area contributed by atoms with E-state index in [0.29, 0.717) is 30.3 Å². The third-order valence-electron chi connectivity index (χ3n) is 4.15. The van der Waals surface area contributed by atoms with Gasteiger partial charge in [-0.25, -0.2) is 0 Å². The van der Waals surface area contributed by atoms with Gasteiger partial charge in [-0.2, -0.15) is 0 Å². The van der Waals surface area contributed by atoms with Gasteiger partial charge in [-0.3, -0.25) is 9.80 Å². The Balaban J connectivity index is 1.81. The van der Waals surface area contributed by atoms with Crippen LogP contribution in [0.2, 0.25) is 0 Å². The van der Waals surface area contributed by atoms with Gasteiger partial charge < -0.3 is 24.4 Å². The van der Waals surface area contributed by atoms with Gasteiger partial charge in [-0.05, 0) is 12.1 Å². The molecule has 2 N–H and O–H groups in total. The third kappa shape index (κ3) is 5.24. The number of piperazine rings is 1. The van der Waals surface area contributed by atoms with Crippen molar-refractivity contribution in [3.63, 3.8) is 0 Å². The van der Waals surface area contributed by atoms with Crippen LogP contribution in [0, 0.1) is 0 Å². The highest BCUT2D eigenvalue weighted by Crippen LogP contribution is 2.36. The fraction of sp³-hybridized carbons (Fsp3) is 0.647. The number of methoxy groups -OCH3 is 2. The van der Waals surface area contributed by atoms with E-state index in [9.17, 15) is 5.11 Å². The maximum absolute atomic E-state index is 10.3. The number of hydrogen-bond acceptors (Lipinski definition) is 7. The summed E-state index contributed by atoms with van der Waals surface area (Å²) in [6, 6.07) is 5.42. The first-order valence-corrected chi connectivity index (χ1v) is 8.25. The minimum absolute atomic E-state index is 0.174. The van der Waals surface area contributed by atoms with Crippen molar-refractivity contribution in [1.29, 1.82) is 0 Å². The van der Waals surface area contributed by atoms with Crippen LogP contribution in [0.4, 0.5) is 0 Å². The molecule has 1 saturated heterocycles. The van der Waals surface area contributed by atoms with Gasteiger partial charge in [0.1, 0.15) is 12.7 Å². The summed E-state index contributed by atoms with van der Waals surface area (Å²) in [6.45, 7) is 5.23. The van der Waals surface area contributed by atoms with Crippen molar-refractivity contribution >= 4 is 0 Å². The lowest BCUT2D eigenvalue weighted by Crippen LogP contribution is -2.49. The standard InChI is InChI=1S/C17H28N2O5/c1-22-15-4-3-5-16(23-2)17(15)24-13-14(21)12-19-8-6-18(7-9-19)10-11-20/h3-5,14,20-21H,6-13H2,1-2H3. The topological polar surface area (TPSA) is 74.6 Å². The molecular weight excluding hydrogens is 312 g/mol. The van der Waals surface area contributed by atoms with Crippen molar-refractivity contribution in [3.8, 4) is 17.2 Å². The molecule has 136 valence electrons. The Morgan fingerprint density at radius 2 is 1.62 bits per heavy atom. The second-order valence-corrected chi connectivity index (χ2v) is 5.82. The maximum atomic E-state index is 10.3. The van der Waals surface area contributed by atoms with Gasteiger partial charge in [0.2, 0.25) is 5.75 Å². The number of nitrogens with zero attached hydrogens (tertiary/aromatic N) is 2. The van der Waals surface area contributed by atoms with Crippen molar-refractivity contribution in [2.75, 3.05) is 66.7 Å². The van der Waals surface area contributed by atoms with Crippen LogP contribution in [-0.2, 0) is 0 Å². The zero-order chi connectivity index (χ0) is 17.4. The molecule has 0 spiro atoms. The van der Waals surface area contributed by atoms with Crippen LogP contribution < -0.4 is 14.2 Å². The van der Waals surface area contributed by atoms with Crippen LogP contribution in [0.3, 0.4) is 0 Å². The molecule has 1 aromatic rings. The number of hydrogen-bond donors (Lipinski definition) is 2. The minimum atomic E-state index is -0.594. The van der Waals surface area contributed by atoms with Crippen molar-refractivity contribution in [2.24, 2.45) is 0 Å². The average Bonchev–Trinajstić information content (AvgIpc) is 2.61. The highest BCUT2D eigenvalue weighted by Gasteiger charge is 2.20.